The summed E-state index contributed by atoms with van der Waals surface area (Å²) in [6, 6.07) is -0.808. The summed E-state index contributed by atoms with van der Waals surface area (Å²) < 4.78 is 47.5. The third-order valence-corrected chi connectivity index (χ3v) is 15.8. The minimum atomic E-state index is -2.39. The van der Waals surface area contributed by atoms with Gasteiger partial charge < -0.3 is 147 Å². The van der Waals surface area contributed by atoms with Gasteiger partial charge in [-0.05, 0) is 94.8 Å². The van der Waals surface area contributed by atoms with E-state index in [4.69, 9.17) is 53.2 Å². The Labute approximate surface area is 473 Å². The van der Waals surface area contributed by atoms with Crippen LogP contribution in [0.2, 0.25) is 0 Å². The van der Waals surface area contributed by atoms with Crippen LogP contribution in [0.15, 0.2) is 0 Å². The SMILES string of the molecule is CC[C@H]1OC(=O)[C@H](C)[C@@H](O[C@H]2C[C@@](C)(OC)[C@@H](O)[C@H](C)O2)[C@H](C)[C@@H](O[C@@H]2O[C@H](C)C[C@H](N(C)C)[C@H]2O)[C@](C)(O)C[C@@H](C)CN(C)[C@H](C)[C@@H](O)[C@]1(C)O.O.O.O.O.O.O=C(O)[C@H](O)[C@@H](O)[C@H](O[C@@H]1O[C@H](CO)[C@H](O)[C@H](O)[C@H]1O)[C@H](O)CO. The van der Waals surface area contributed by atoms with E-state index < -0.39 is 170 Å². The lowest BCUT2D eigenvalue weighted by Crippen LogP contribution is -2.61. The number of likely N-dealkylation sites (N-methyl/N-ethyl adjacent to an activating group) is 2. The van der Waals surface area contributed by atoms with E-state index in [1.807, 2.05) is 51.7 Å². The summed E-state index contributed by atoms with van der Waals surface area (Å²) in [5, 5.41) is 143. The summed E-state index contributed by atoms with van der Waals surface area (Å²) in [6.07, 6.45) is -25.1. The molecule has 0 unspecified atom stereocenters. The van der Waals surface area contributed by atoms with Crippen LogP contribution in [0.25, 0.3) is 0 Å². The Morgan fingerprint density at radius 2 is 1.37 bits per heavy atom. The molecule has 4 fully saturated rings. The number of hydrogen-bond acceptors (Lipinski definition) is 25. The molecule has 0 aromatic heterocycles. The van der Waals surface area contributed by atoms with E-state index in [-0.39, 0.29) is 64.7 Å². The number of carbonyl (C=O) groups excluding carboxylic acids is 1. The van der Waals surface area contributed by atoms with Gasteiger partial charge in [0.25, 0.3) is 0 Å². The molecule has 81 heavy (non-hydrogen) atoms. The first-order chi connectivity index (χ1) is 35.1. The zero-order chi connectivity index (χ0) is 58.3. The molecule has 0 aliphatic carbocycles. The molecule has 4 aliphatic rings. The highest BCUT2D eigenvalue weighted by Crippen LogP contribution is 2.40. The number of carboxylic acid groups (broad SMARTS) is 1. The first kappa shape index (κ1) is 83.1. The topological polar surface area (TPSA) is 555 Å². The molecule has 0 amide bonds. The minimum Gasteiger partial charge on any atom is -0.479 e. The van der Waals surface area contributed by atoms with Crippen LogP contribution in [0.5, 0.6) is 0 Å². The molecule has 24 N–H and O–H groups in total. The maximum atomic E-state index is 14.2. The van der Waals surface area contributed by atoms with E-state index in [0.717, 1.165) is 0 Å². The van der Waals surface area contributed by atoms with Gasteiger partial charge in [0.2, 0.25) is 0 Å². The zero-order valence-electron chi connectivity index (χ0n) is 49.0. The van der Waals surface area contributed by atoms with Crippen LogP contribution in [0.1, 0.15) is 94.9 Å². The molecular weight excluding hydrogens is 1090 g/mol. The van der Waals surface area contributed by atoms with E-state index in [9.17, 15) is 65.8 Å². The van der Waals surface area contributed by atoms with Crippen molar-refractivity contribution in [3.63, 3.8) is 0 Å². The van der Waals surface area contributed by atoms with Gasteiger partial charge in [-0.1, -0.05) is 20.8 Å². The van der Waals surface area contributed by atoms with Gasteiger partial charge in [0.15, 0.2) is 25.0 Å². The fraction of sp³-hybridized carbons (Fsp3) is 0.960. The second kappa shape index (κ2) is 34.9. The third-order valence-electron chi connectivity index (χ3n) is 15.8. The number of hydrogen-bond donors (Lipinski definition) is 14. The number of nitrogens with zero attached hydrogens (tertiary/aromatic N) is 2. The molecule has 4 aliphatic heterocycles. The molecule has 31 nitrogen and oxygen atoms in total. The Bertz CT molecular complexity index is 1780. The first-order valence-corrected chi connectivity index (χ1v) is 26.1. The maximum absolute atomic E-state index is 14.2. The highest BCUT2D eigenvalue weighted by Gasteiger charge is 2.53. The number of rotatable bonds is 15. The Kier molecular flexibility index (Phi) is 35.8. The Morgan fingerprint density at radius 3 is 1.86 bits per heavy atom. The van der Waals surface area contributed by atoms with Crippen molar-refractivity contribution in [3.05, 3.63) is 0 Å². The van der Waals surface area contributed by atoms with Crippen molar-refractivity contribution < 1.29 is 146 Å². The van der Waals surface area contributed by atoms with E-state index in [0.29, 0.717) is 13.0 Å². The maximum Gasteiger partial charge on any atom is 0.335 e. The number of esters is 1. The number of carboxylic acids is 1. The number of aliphatic hydroxyl groups is 13. The number of cyclic esters (lactones) is 1. The van der Waals surface area contributed by atoms with Gasteiger partial charge in [-0.3, -0.25) is 4.79 Å². The summed E-state index contributed by atoms with van der Waals surface area (Å²) in [7, 11) is 7.12. The van der Waals surface area contributed by atoms with Gasteiger partial charge in [0.1, 0.15) is 72.7 Å². The van der Waals surface area contributed by atoms with Crippen molar-refractivity contribution in [3.8, 4) is 0 Å². The van der Waals surface area contributed by atoms with E-state index in [1.54, 1.807) is 41.5 Å². The lowest BCUT2D eigenvalue weighted by atomic mass is 9.77. The summed E-state index contributed by atoms with van der Waals surface area (Å²) in [5.41, 5.74) is -4.37. The summed E-state index contributed by atoms with van der Waals surface area (Å²) in [5.74, 6) is -4.42. The van der Waals surface area contributed by atoms with Crippen LogP contribution in [-0.4, -0.2) is 314 Å². The normalized spacial score (nSPS) is 42.5. The number of methoxy groups -OCH3 is 1. The van der Waals surface area contributed by atoms with Crippen LogP contribution in [-0.2, 0) is 47.5 Å². The summed E-state index contributed by atoms with van der Waals surface area (Å²) in [6.45, 7) is 16.3. The van der Waals surface area contributed by atoms with Gasteiger partial charge in [-0.15, -0.1) is 0 Å². The van der Waals surface area contributed by atoms with E-state index >= 15 is 0 Å². The zero-order valence-corrected chi connectivity index (χ0v) is 49.0. The third kappa shape index (κ3) is 20.2. The first-order valence-electron chi connectivity index (χ1n) is 26.1. The second-order valence-electron chi connectivity index (χ2n) is 22.5. The second-order valence-corrected chi connectivity index (χ2v) is 22.5. The molecule has 31 heteroatoms. The largest absolute Gasteiger partial charge is 0.479 e. The highest BCUT2D eigenvalue weighted by atomic mass is 16.7. The van der Waals surface area contributed by atoms with E-state index in [2.05, 4.69) is 0 Å². The van der Waals surface area contributed by atoms with Crippen LogP contribution in [0, 0.1) is 17.8 Å². The average molecular weight is 1200 g/mol. The minimum absolute atomic E-state index is 0. The molecule has 0 spiro atoms. The molecule has 0 bridgehead atoms. The van der Waals surface area contributed by atoms with E-state index in [1.165, 1.54) is 14.0 Å². The molecule has 0 radical (unpaired) electrons. The number of ether oxygens (including phenoxy) is 8. The average Bonchev–Trinajstić information content (AvgIpc) is 3.35. The molecule has 27 atom stereocenters. The number of aliphatic hydroxyl groups excluding tert-OH is 11. The quantitative estimate of drug-likeness (QED) is 0.0677. The highest BCUT2D eigenvalue weighted by molar-refractivity contribution is 5.73. The molecular formula is C50H104N2O29. The predicted octanol–water partition coefficient (Wildman–Crippen LogP) is -7.89. The lowest BCUT2D eigenvalue weighted by Gasteiger charge is -2.48. The van der Waals surface area contributed by atoms with Crippen LogP contribution < -0.4 is 0 Å². The lowest BCUT2D eigenvalue weighted by molar-refractivity contribution is -0.326. The molecule has 488 valence electrons. The van der Waals surface area contributed by atoms with Gasteiger partial charge in [-0.25, -0.2) is 4.79 Å². The predicted molar refractivity (Wildman–Crippen MR) is 284 cm³/mol. The van der Waals surface area contributed by atoms with Crippen LogP contribution in [0.3, 0.4) is 0 Å². The van der Waals surface area contributed by atoms with Crippen molar-refractivity contribution >= 4 is 11.9 Å². The van der Waals surface area contributed by atoms with Gasteiger partial charge >= 0.3 is 11.9 Å². The monoisotopic (exact) mass is 1200 g/mol. The molecule has 4 rings (SSSR count). The van der Waals surface area contributed by atoms with Crippen LogP contribution in [0.4, 0.5) is 0 Å². The summed E-state index contributed by atoms with van der Waals surface area (Å²) >= 11 is 0. The molecule has 4 saturated heterocycles. The van der Waals surface area contributed by atoms with Crippen molar-refractivity contribution in [2.24, 2.45) is 17.8 Å². The number of aliphatic carboxylic acids is 1. The van der Waals surface area contributed by atoms with Crippen molar-refractivity contribution in [2.45, 2.75) is 240 Å². The fourth-order valence-corrected chi connectivity index (χ4v) is 10.9. The van der Waals surface area contributed by atoms with Crippen molar-refractivity contribution in [1.29, 1.82) is 0 Å². The van der Waals surface area contributed by atoms with Gasteiger partial charge in [0.05, 0.1) is 54.7 Å². The molecule has 4 heterocycles. The molecule has 0 saturated carbocycles. The smallest absolute Gasteiger partial charge is 0.335 e. The Hall–Kier alpha value is -2.14. The van der Waals surface area contributed by atoms with Gasteiger partial charge in [0, 0.05) is 38.1 Å². The standard InChI is InChI=1S/C38H72N2O12.C12H22O12.5H2O/c1-15-27-38(10,46)31(42)24(6)40(13)19-20(2)17-36(8,45)33(52-35-29(41)26(39(11)12)16-21(3)48-35)22(4)30(23(5)34(44)50-27)51-28-18-37(9,47-14)32(43)25(7)49-28;13-1-3(15)10(7(18)8(19)11(21)22)24-12-9(20)6(17)5(16)4(2-14)23-12;;;;;/h20-33,35,41-43,45-46H,15-19H2,1-14H3;3-10,12-20H,1-2H2,(H,21,22);5*1H2/t20-,21-,22+,23-,24-,25+,26+,27-,28+,29-,30+,31-,32+,33-,35+,36-,37-,38-;3-,4-,5+,6+,7-,8-,9-,10-,12+;;;;;/m11...../s1. The van der Waals surface area contributed by atoms with Crippen molar-refractivity contribution in [2.75, 3.05) is 48.0 Å². The number of carbonyl (C=O) groups is 2. The Morgan fingerprint density at radius 1 is 0.802 bits per heavy atom. The Balaban J connectivity index is -0.00000178. The summed E-state index contributed by atoms with van der Waals surface area (Å²) in [4.78, 5) is 28.8. The van der Waals surface area contributed by atoms with Gasteiger partial charge in [-0.2, -0.15) is 0 Å². The van der Waals surface area contributed by atoms with Crippen LogP contribution >= 0.6 is 0 Å². The van der Waals surface area contributed by atoms with Crippen molar-refractivity contribution in [1.82, 2.24) is 9.80 Å². The molecule has 0 aromatic rings. The molecule has 0 aromatic carbocycles. The fourth-order valence-electron chi connectivity index (χ4n) is 10.9.